The van der Waals surface area contributed by atoms with E-state index >= 15 is 0 Å². The molecule has 1 aromatic carbocycles. The number of rotatable bonds is 3. The summed E-state index contributed by atoms with van der Waals surface area (Å²) in [5.41, 5.74) is 0.459. The van der Waals surface area contributed by atoms with Crippen molar-refractivity contribution in [2.24, 2.45) is 11.8 Å². The largest absolute Gasteiger partial charge is 0.351 e. The lowest BCUT2D eigenvalue weighted by atomic mass is 10.1. The first-order valence-corrected chi connectivity index (χ1v) is 7.71. The molecule has 0 amide bonds. The van der Waals surface area contributed by atoms with Crippen molar-refractivity contribution in [2.45, 2.75) is 19.5 Å². The third-order valence-electron chi connectivity index (χ3n) is 3.94. The van der Waals surface area contributed by atoms with Crippen molar-refractivity contribution in [1.29, 1.82) is 0 Å². The number of allylic oxidation sites excluding steroid dienone is 1. The monoisotopic (exact) mass is 326 g/mol. The smallest absolute Gasteiger partial charge is 0.183 e. The summed E-state index contributed by atoms with van der Waals surface area (Å²) in [7, 11) is 0. The highest BCUT2D eigenvalue weighted by molar-refractivity contribution is 5.19. The molecule has 0 bridgehead atoms. The maximum Gasteiger partial charge on any atom is 0.183 e. The lowest BCUT2D eigenvalue weighted by molar-refractivity contribution is -0.280. The Bertz CT molecular complexity index is 548. The van der Waals surface area contributed by atoms with Crippen LogP contribution in [0.25, 0.3) is 0 Å². The minimum absolute atomic E-state index is 0.0388. The highest BCUT2D eigenvalue weighted by atomic mass is 19.2. The topological polar surface area (TPSA) is 36.9 Å². The molecule has 0 spiro atoms. The molecular weight excluding hydrogens is 306 g/mol. The van der Waals surface area contributed by atoms with Gasteiger partial charge in [-0.1, -0.05) is 18.2 Å². The second kappa shape index (κ2) is 7.49. The van der Waals surface area contributed by atoms with Crippen LogP contribution in [0.2, 0.25) is 0 Å². The quantitative estimate of drug-likeness (QED) is 0.800. The normalized spacial score (nSPS) is 32.3. The van der Waals surface area contributed by atoms with Gasteiger partial charge in [-0.3, -0.25) is 0 Å². The Labute approximate surface area is 134 Å². The van der Waals surface area contributed by atoms with Gasteiger partial charge in [-0.25, -0.2) is 8.78 Å². The fraction of sp³-hybridized carbons (Fsp3) is 0.529. The van der Waals surface area contributed by atoms with E-state index in [0.717, 1.165) is 12.1 Å². The van der Waals surface area contributed by atoms with Crippen LogP contribution in [-0.4, -0.2) is 32.7 Å². The molecule has 6 heteroatoms. The maximum atomic E-state index is 13.3. The summed E-state index contributed by atoms with van der Waals surface area (Å²) in [6, 6.07) is 3.62. The number of halogens is 2. The van der Waals surface area contributed by atoms with Gasteiger partial charge in [0.2, 0.25) is 0 Å². The fourth-order valence-corrected chi connectivity index (χ4v) is 2.72. The summed E-state index contributed by atoms with van der Waals surface area (Å²) in [5, 5.41) is 0. The van der Waals surface area contributed by atoms with Gasteiger partial charge in [0.05, 0.1) is 32.3 Å². The van der Waals surface area contributed by atoms with Gasteiger partial charge in [0.15, 0.2) is 24.2 Å². The van der Waals surface area contributed by atoms with Crippen molar-refractivity contribution in [2.75, 3.05) is 26.4 Å². The van der Waals surface area contributed by atoms with Crippen LogP contribution >= 0.6 is 0 Å². The van der Waals surface area contributed by atoms with Crippen LogP contribution in [0.4, 0.5) is 8.78 Å². The van der Waals surface area contributed by atoms with Gasteiger partial charge in [0, 0.05) is 11.5 Å². The van der Waals surface area contributed by atoms with E-state index in [0.29, 0.717) is 32.0 Å². The van der Waals surface area contributed by atoms with Gasteiger partial charge in [-0.2, -0.15) is 0 Å². The summed E-state index contributed by atoms with van der Waals surface area (Å²) in [5.74, 6) is -1.56. The SMILES string of the molecule is C/C=C/C1COC(C2COC(c3ccc(F)c(F)c3)OC2)OC1. The summed E-state index contributed by atoms with van der Waals surface area (Å²) in [6.07, 6.45) is 2.99. The zero-order valence-corrected chi connectivity index (χ0v) is 12.9. The molecule has 2 aliphatic rings. The van der Waals surface area contributed by atoms with Gasteiger partial charge in [-0.05, 0) is 19.1 Å². The summed E-state index contributed by atoms with van der Waals surface area (Å²) >= 11 is 0. The lowest BCUT2D eigenvalue weighted by Crippen LogP contribution is -2.42. The van der Waals surface area contributed by atoms with E-state index < -0.39 is 17.9 Å². The average Bonchev–Trinajstić information content (AvgIpc) is 2.59. The van der Waals surface area contributed by atoms with Gasteiger partial charge >= 0.3 is 0 Å². The molecule has 0 aliphatic carbocycles. The van der Waals surface area contributed by atoms with Crippen molar-refractivity contribution in [1.82, 2.24) is 0 Å². The van der Waals surface area contributed by atoms with Crippen LogP contribution in [0, 0.1) is 23.5 Å². The van der Waals surface area contributed by atoms with E-state index in [1.54, 1.807) is 0 Å². The second-order valence-electron chi connectivity index (χ2n) is 5.75. The Morgan fingerprint density at radius 3 is 2.26 bits per heavy atom. The Balaban J connectivity index is 1.51. The van der Waals surface area contributed by atoms with E-state index in [2.05, 4.69) is 6.08 Å². The highest BCUT2D eigenvalue weighted by Crippen LogP contribution is 2.29. The number of hydrogen-bond acceptors (Lipinski definition) is 4. The average molecular weight is 326 g/mol. The zero-order chi connectivity index (χ0) is 16.2. The van der Waals surface area contributed by atoms with Crippen molar-refractivity contribution in [3.8, 4) is 0 Å². The molecule has 23 heavy (non-hydrogen) atoms. The van der Waals surface area contributed by atoms with E-state index in [-0.39, 0.29) is 18.1 Å². The Morgan fingerprint density at radius 2 is 1.65 bits per heavy atom. The molecule has 4 nitrogen and oxygen atoms in total. The molecule has 0 radical (unpaired) electrons. The van der Waals surface area contributed by atoms with Gasteiger partial charge in [0.25, 0.3) is 0 Å². The Morgan fingerprint density at radius 1 is 0.957 bits per heavy atom. The van der Waals surface area contributed by atoms with Crippen LogP contribution in [0.5, 0.6) is 0 Å². The number of ether oxygens (including phenoxy) is 4. The minimum Gasteiger partial charge on any atom is -0.351 e. The molecule has 2 aliphatic heterocycles. The number of hydrogen-bond donors (Lipinski definition) is 0. The predicted octanol–water partition coefficient (Wildman–Crippen LogP) is 3.19. The van der Waals surface area contributed by atoms with E-state index in [1.807, 2.05) is 13.0 Å². The minimum atomic E-state index is -0.911. The third-order valence-corrected chi connectivity index (χ3v) is 3.94. The van der Waals surface area contributed by atoms with Gasteiger partial charge < -0.3 is 18.9 Å². The van der Waals surface area contributed by atoms with Crippen molar-refractivity contribution < 1.29 is 27.7 Å². The molecule has 2 heterocycles. The van der Waals surface area contributed by atoms with Crippen LogP contribution in [0.3, 0.4) is 0 Å². The summed E-state index contributed by atoms with van der Waals surface area (Å²) < 4.78 is 48.9. The fourth-order valence-electron chi connectivity index (χ4n) is 2.72. The number of benzene rings is 1. The zero-order valence-electron chi connectivity index (χ0n) is 12.9. The maximum absolute atomic E-state index is 13.3. The van der Waals surface area contributed by atoms with E-state index in [9.17, 15) is 8.78 Å². The molecule has 3 rings (SSSR count). The Hall–Kier alpha value is -1.34. The standard InChI is InChI=1S/C17H20F2O4/c1-2-3-11-7-20-17(21-8-11)13-9-22-16(23-10-13)12-4-5-14(18)15(19)6-12/h2-6,11,13,16-17H,7-10H2,1H3/b3-2+. The van der Waals surface area contributed by atoms with Crippen LogP contribution < -0.4 is 0 Å². The van der Waals surface area contributed by atoms with Crippen LogP contribution in [0.15, 0.2) is 30.4 Å². The summed E-state index contributed by atoms with van der Waals surface area (Å²) in [6.45, 7) is 3.94. The van der Waals surface area contributed by atoms with Gasteiger partial charge in [0.1, 0.15) is 0 Å². The molecule has 1 aromatic rings. The van der Waals surface area contributed by atoms with E-state index in [1.165, 1.54) is 6.07 Å². The van der Waals surface area contributed by atoms with E-state index in [4.69, 9.17) is 18.9 Å². The first kappa shape index (κ1) is 16.5. The van der Waals surface area contributed by atoms with Gasteiger partial charge in [-0.15, -0.1) is 0 Å². The molecule has 2 saturated heterocycles. The molecule has 0 saturated carbocycles. The molecule has 0 unspecified atom stereocenters. The molecule has 0 aromatic heterocycles. The van der Waals surface area contributed by atoms with Crippen molar-refractivity contribution >= 4 is 0 Å². The predicted molar refractivity (Wildman–Crippen MR) is 78.5 cm³/mol. The van der Waals surface area contributed by atoms with Crippen LogP contribution in [-0.2, 0) is 18.9 Å². The lowest BCUT2D eigenvalue weighted by Gasteiger charge is -2.37. The first-order valence-electron chi connectivity index (χ1n) is 7.71. The molecule has 0 N–H and O–H groups in total. The van der Waals surface area contributed by atoms with Crippen molar-refractivity contribution in [3.05, 3.63) is 47.5 Å². The second-order valence-corrected chi connectivity index (χ2v) is 5.75. The first-order chi connectivity index (χ1) is 11.2. The molecule has 0 atom stereocenters. The van der Waals surface area contributed by atoms with Crippen LogP contribution in [0.1, 0.15) is 18.8 Å². The Kier molecular flexibility index (Phi) is 5.38. The molecule has 126 valence electrons. The van der Waals surface area contributed by atoms with Crippen molar-refractivity contribution in [3.63, 3.8) is 0 Å². The third kappa shape index (κ3) is 3.95. The highest BCUT2D eigenvalue weighted by Gasteiger charge is 2.33. The summed E-state index contributed by atoms with van der Waals surface area (Å²) in [4.78, 5) is 0. The molecular formula is C17H20F2O4. The molecule has 2 fully saturated rings.